The number of carbonyl (C=O) groups is 2. The third-order valence-electron chi connectivity index (χ3n) is 5.43. The molecule has 0 radical (unpaired) electrons. The summed E-state index contributed by atoms with van der Waals surface area (Å²) in [4.78, 5) is 24.0. The van der Waals surface area contributed by atoms with Gasteiger partial charge in [0.15, 0.2) is 0 Å². The maximum atomic E-state index is 12.0. The zero-order valence-electron chi connectivity index (χ0n) is 14.2. The predicted octanol–water partition coefficient (Wildman–Crippen LogP) is 2.17. The molecule has 1 aliphatic heterocycles. The molecule has 1 N–H and O–H groups in total. The van der Waals surface area contributed by atoms with Crippen LogP contribution in [0.4, 0.5) is 0 Å². The highest BCUT2D eigenvalue weighted by Crippen LogP contribution is 2.52. The van der Waals surface area contributed by atoms with E-state index in [1.165, 1.54) is 0 Å². The molecule has 3 rings (SSSR count). The molecule has 3 aliphatic rings. The summed E-state index contributed by atoms with van der Waals surface area (Å²) in [5.74, 6) is -1.81. The molecule has 130 valence electrons. The zero-order valence-corrected chi connectivity index (χ0v) is 14.2. The van der Waals surface area contributed by atoms with Gasteiger partial charge in [0.2, 0.25) is 0 Å². The topological polar surface area (TPSA) is 72.8 Å². The Morgan fingerprint density at radius 1 is 1.17 bits per heavy atom. The molecular weight excluding hydrogens is 308 g/mol. The summed E-state index contributed by atoms with van der Waals surface area (Å²) < 4.78 is 11.2. The number of hydrogen-bond donors (Lipinski definition) is 1. The number of carbonyl (C=O) groups excluding carboxylic acids is 2. The number of ether oxygens (including phenoxy) is 2. The summed E-state index contributed by atoms with van der Waals surface area (Å²) in [6.45, 7) is 15.6. The molecule has 5 nitrogen and oxygen atoms in total. The van der Waals surface area contributed by atoms with Crippen LogP contribution in [0.3, 0.4) is 0 Å². The highest BCUT2D eigenvalue weighted by atomic mass is 16.6. The van der Waals surface area contributed by atoms with Crippen LogP contribution in [0.2, 0.25) is 0 Å². The van der Waals surface area contributed by atoms with E-state index < -0.39 is 24.1 Å². The maximum absolute atomic E-state index is 12.0. The molecule has 1 saturated heterocycles. The van der Waals surface area contributed by atoms with Crippen molar-refractivity contribution in [1.82, 2.24) is 0 Å². The number of fused-ring (bicyclic) bond motifs is 3. The Kier molecular flexibility index (Phi) is 4.16. The highest BCUT2D eigenvalue weighted by Gasteiger charge is 2.57. The lowest BCUT2D eigenvalue weighted by atomic mass is 9.81. The van der Waals surface area contributed by atoms with Crippen LogP contribution < -0.4 is 0 Å². The van der Waals surface area contributed by atoms with Gasteiger partial charge in [-0.2, -0.15) is 0 Å². The van der Waals surface area contributed by atoms with Crippen LogP contribution in [0.1, 0.15) is 26.7 Å². The fraction of sp³-hybridized carbons (Fsp3) is 0.579. The molecule has 5 heteroatoms. The first-order chi connectivity index (χ1) is 11.2. The van der Waals surface area contributed by atoms with Crippen molar-refractivity contribution >= 4 is 11.9 Å². The second-order valence-electron chi connectivity index (χ2n) is 7.39. The second-order valence-corrected chi connectivity index (χ2v) is 7.39. The Bertz CT molecular complexity index is 632. The summed E-state index contributed by atoms with van der Waals surface area (Å²) in [5, 5.41) is 10.5. The van der Waals surface area contributed by atoms with Crippen LogP contribution in [0, 0.1) is 23.7 Å². The van der Waals surface area contributed by atoms with Gasteiger partial charge in [0.1, 0.15) is 12.2 Å². The van der Waals surface area contributed by atoms with Crippen LogP contribution in [0.5, 0.6) is 0 Å². The van der Waals surface area contributed by atoms with Gasteiger partial charge in [0.25, 0.3) is 0 Å². The number of aliphatic hydroxyl groups is 1. The van der Waals surface area contributed by atoms with Gasteiger partial charge < -0.3 is 14.6 Å². The average molecular weight is 332 g/mol. The second kappa shape index (κ2) is 5.88. The third kappa shape index (κ3) is 2.51. The number of aliphatic hydroxyl groups excluding tert-OH is 1. The quantitative estimate of drug-likeness (QED) is 0.477. The summed E-state index contributed by atoms with van der Waals surface area (Å²) in [7, 11) is 0. The summed E-state index contributed by atoms with van der Waals surface area (Å²) in [6.07, 6.45) is -0.804. The lowest BCUT2D eigenvalue weighted by molar-refractivity contribution is -0.155. The van der Waals surface area contributed by atoms with Gasteiger partial charge >= 0.3 is 11.9 Å². The lowest BCUT2D eigenvalue weighted by Crippen LogP contribution is -2.35. The van der Waals surface area contributed by atoms with Crippen LogP contribution in [0.25, 0.3) is 0 Å². The Hall–Kier alpha value is -1.88. The molecule has 0 amide bonds. The minimum atomic E-state index is -0.777. The van der Waals surface area contributed by atoms with E-state index in [9.17, 15) is 14.7 Å². The summed E-state index contributed by atoms with van der Waals surface area (Å²) in [5.41, 5.74) is 1.98. The monoisotopic (exact) mass is 332 g/mol. The standard InChI is InChI=1S/C19H24O5/c1-8(2)18(21)23-13-7-10(4)15-14(13)9(3)6-12(20)16-11(5)19(22)24-17(15)16/h8,12-17,20H,3-7H2,1-2H3/t12-,13-,14+,15-,16+,17+/m0/s1. The van der Waals surface area contributed by atoms with E-state index in [0.717, 1.165) is 11.1 Å². The fourth-order valence-corrected chi connectivity index (χ4v) is 4.25. The molecule has 2 saturated carbocycles. The Morgan fingerprint density at radius 3 is 2.42 bits per heavy atom. The number of hydrogen-bond acceptors (Lipinski definition) is 5. The Morgan fingerprint density at radius 2 is 1.79 bits per heavy atom. The molecule has 0 aromatic carbocycles. The molecule has 1 heterocycles. The van der Waals surface area contributed by atoms with E-state index in [2.05, 4.69) is 19.7 Å². The van der Waals surface area contributed by atoms with Gasteiger partial charge in [0.05, 0.1) is 17.9 Å². The average Bonchev–Trinajstić information content (AvgIpc) is 2.92. The van der Waals surface area contributed by atoms with Crippen LogP contribution in [-0.2, 0) is 19.1 Å². The first kappa shape index (κ1) is 17.0. The van der Waals surface area contributed by atoms with E-state index in [-0.39, 0.29) is 29.8 Å². The SMILES string of the molecule is C=C1C[C@H](OC(=O)C(C)C)[C@H]2C(=C)C[C@H](O)[C@H]3C(=C)C(=O)O[C@@H]3[C@@H]12. The van der Waals surface area contributed by atoms with Gasteiger partial charge in [-0.15, -0.1) is 0 Å². The smallest absolute Gasteiger partial charge is 0.334 e. The molecule has 3 fully saturated rings. The molecule has 24 heavy (non-hydrogen) atoms. The van der Waals surface area contributed by atoms with Crippen LogP contribution in [-0.4, -0.2) is 35.4 Å². The van der Waals surface area contributed by atoms with Crippen molar-refractivity contribution in [2.24, 2.45) is 23.7 Å². The van der Waals surface area contributed by atoms with E-state index in [1.807, 2.05) is 0 Å². The minimum absolute atomic E-state index is 0.191. The summed E-state index contributed by atoms with van der Waals surface area (Å²) >= 11 is 0. The maximum Gasteiger partial charge on any atom is 0.334 e. The van der Waals surface area contributed by atoms with Crippen molar-refractivity contribution in [1.29, 1.82) is 0 Å². The molecule has 0 aromatic heterocycles. The van der Waals surface area contributed by atoms with Gasteiger partial charge in [0, 0.05) is 23.8 Å². The first-order valence-electron chi connectivity index (χ1n) is 8.36. The van der Waals surface area contributed by atoms with Crippen molar-refractivity contribution in [3.8, 4) is 0 Å². The number of esters is 2. The summed E-state index contributed by atoms with van der Waals surface area (Å²) in [6, 6.07) is 0. The molecule has 0 aromatic rings. The van der Waals surface area contributed by atoms with Crippen LogP contribution >= 0.6 is 0 Å². The molecule has 6 atom stereocenters. The Balaban J connectivity index is 1.94. The van der Waals surface area contributed by atoms with Gasteiger partial charge in [-0.3, -0.25) is 4.79 Å². The van der Waals surface area contributed by atoms with E-state index in [1.54, 1.807) is 13.8 Å². The third-order valence-corrected chi connectivity index (χ3v) is 5.43. The molecular formula is C19H24O5. The largest absolute Gasteiger partial charge is 0.461 e. The van der Waals surface area contributed by atoms with Crippen molar-refractivity contribution in [3.63, 3.8) is 0 Å². The Labute approximate surface area is 142 Å². The van der Waals surface area contributed by atoms with Gasteiger partial charge in [-0.05, 0) is 6.42 Å². The van der Waals surface area contributed by atoms with Crippen molar-refractivity contribution in [3.05, 3.63) is 36.5 Å². The molecule has 0 unspecified atom stereocenters. The molecule has 0 bridgehead atoms. The van der Waals surface area contributed by atoms with E-state index >= 15 is 0 Å². The first-order valence-corrected chi connectivity index (χ1v) is 8.36. The minimum Gasteiger partial charge on any atom is -0.461 e. The molecule has 2 aliphatic carbocycles. The fourth-order valence-electron chi connectivity index (χ4n) is 4.25. The normalized spacial score (nSPS) is 38.7. The van der Waals surface area contributed by atoms with Crippen LogP contribution in [0.15, 0.2) is 36.5 Å². The zero-order chi connectivity index (χ0) is 17.8. The van der Waals surface area contributed by atoms with Gasteiger partial charge in [-0.1, -0.05) is 44.7 Å². The van der Waals surface area contributed by atoms with E-state index in [0.29, 0.717) is 18.4 Å². The predicted molar refractivity (Wildman–Crippen MR) is 87.7 cm³/mol. The molecule has 0 spiro atoms. The van der Waals surface area contributed by atoms with Crippen molar-refractivity contribution in [2.45, 2.75) is 45.0 Å². The number of rotatable bonds is 2. The van der Waals surface area contributed by atoms with Gasteiger partial charge in [-0.25, -0.2) is 4.79 Å². The lowest BCUT2D eigenvalue weighted by Gasteiger charge is -2.28. The van der Waals surface area contributed by atoms with Crippen molar-refractivity contribution in [2.75, 3.05) is 0 Å². The van der Waals surface area contributed by atoms with E-state index in [4.69, 9.17) is 9.47 Å². The highest BCUT2D eigenvalue weighted by molar-refractivity contribution is 5.91. The van der Waals surface area contributed by atoms with Crippen molar-refractivity contribution < 1.29 is 24.2 Å².